The Bertz CT molecular complexity index is 520. The highest BCUT2D eigenvalue weighted by Gasteiger charge is 2.00. The molecule has 1 N–H and O–H groups in total. The number of aromatic nitrogens is 1. The number of thioether (sulfide) groups is 1. The molecule has 0 aliphatic heterocycles. The number of rotatable bonds is 6. The van der Waals surface area contributed by atoms with Crippen LogP contribution < -0.4 is 5.32 Å². The fourth-order valence-corrected chi connectivity index (χ4v) is 2.74. The molecule has 0 bridgehead atoms. The van der Waals surface area contributed by atoms with Gasteiger partial charge in [-0.05, 0) is 30.3 Å². The first-order valence-electron chi connectivity index (χ1n) is 5.94. The molecule has 1 heterocycles. The maximum Gasteiger partial charge on any atom is 0.0603 e. The van der Waals surface area contributed by atoms with E-state index in [1.807, 2.05) is 42.6 Å². The summed E-state index contributed by atoms with van der Waals surface area (Å²) in [5, 5.41) is 4.56. The van der Waals surface area contributed by atoms with Crippen LogP contribution in [0.2, 0.25) is 10.0 Å². The predicted molar refractivity (Wildman–Crippen MR) is 83.1 cm³/mol. The van der Waals surface area contributed by atoms with Crippen molar-refractivity contribution in [1.29, 1.82) is 0 Å². The zero-order valence-corrected chi connectivity index (χ0v) is 12.6. The molecule has 0 fully saturated rings. The highest BCUT2D eigenvalue weighted by atomic mass is 35.5. The molecule has 0 radical (unpaired) electrons. The largest absolute Gasteiger partial charge is 0.310 e. The number of benzene rings is 1. The van der Waals surface area contributed by atoms with Gasteiger partial charge in [-0.25, -0.2) is 0 Å². The molecular formula is C14H14Cl2N2S. The lowest BCUT2D eigenvalue weighted by Crippen LogP contribution is -2.17. The van der Waals surface area contributed by atoms with E-state index in [1.54, 1.807) is 11.8 Å². The lowest BCUT2D eigenvalue weighted by molar-refractivity contribution is 0.715. The lowest BCUT2D eigenvalue weighted by atomic mass is 10.3. The van der Waals surface area contributed by atoms with Gasteiger partial charge in [0, 0.05) is 29.9 Å². The SMILES string of the molecule is Clc1ccc(SCCNCc2ccccn2)cc1Cl. The van der Waals surface area contributed by atoms with E-state index < -0.39 is 0 Å². The Morgan fingerprint density at radius 2 is 2.00 bits per heavy atom. The van der Waals surface area contributed by atoms with Crippen LogP contribution in [0.25, 0.3) is 0 Å². The highest BCUT2D eigenvalue weighted by Crippen LogP contribution is 2.27. The van der Waals surface area contributed by atoms with Gasteiger partial charge in [-0.2, -0.15) is 0 Å². The van der Waals surface area contributed by atoms with Crippen LogP contribution in [0.3, 0.4) is 0 Å². The van der Waals surface area contributed by atoms with Gasteiger partial charge in [0.2, 0.25) is 0 Å². The zero-order chi connectivity index (χ0) is 13.5. The number of hydrogen-bond donors (Lipinski definition) is 1. The van der Waals surface area contributed by atoms with Crippen molar-refractivity contribution in [3.63, 3.8) is 0 Å². The van der Waals surface area contributed by atoms with E-state index in [0.29, 0.717) is 10.0 Å². The van der Waals surface area contributed by atoms with E-state index in [9.17, 15) is 0 Å². The number of halogens is 2. The predicted octanol–water partition coefficient (Wildman–Crippen LogP) is 4.27. The molecule has 0 aliphatic carbocycles. The minimum atomic E-state index is 0.597. The van der Waals surface area contributed by atoms with Crippen molar-refractivity contribution >= 4 is 35.0 Å². The fourth-order valence-electron chi connectivity index (χ4n) is 1.53. The van der Waals surface area contributed by atoms with Gasteiger partial charge in [-0.1, -0.05) is 29.3 Å². The first kappa shape index (κ1) is 14.7. The second-order valence-corrected chi connectivity index (χ2v) is 5.90. The first-order valence-corrected chi connectivity index (χ1v) is 7.68. The Morgan fingerprint density at radius 1 is 1.11 bits per heavy atom. The van der Waals surface area contributed by atoms with Crippen LogP contribution in [0, 0.1) is 0 Å². The van der Waals surface area contributed by atoms with Crippen molar-refractivity contribution in [2.45, 2.75) is 11.4 Å². The second kappa shape index (κ2) is 7.75. The lowest BCUT2D eigenvalue weighted by Gasteiger charge is -2.05. The number of nitrogens with zero attached hydrogens (tertiary/aromatic N) is 1. The summed E-state index contributed by atoms with van der Waals surface area (Å²) in [6, 6.07) is 11.6. The molecular weight excluding hydrogens is 299 g/mol. The summed E-state index contributed by atoms with van der Waals surface area (Å²) in [5.41, 5.74) is 1.06. The maximum atomic E-state index is 5.96. The smallest absolute Gasteiger partial charge is 0.0603 e. The third-order valence-corrected chi connectivity index (χ3v) is 4.21. The fraction of sp³-hybridized carbons (Fsp3) is 0.214. The Balaban J connectivity index is 1.68. The molecule has 5 heteroatoms. The third kappa shape index (κ3) is 5.03. The Labute approximate surface area is 127 Å². The quantitative estimate of drug-likeness (QED) is 0.637. The van der Waals surface area contributed by atoms with Gasteiger partial charge in [0.15, 0.2) is 0 Å². The van der Waals surface area contributed by atoms with Crippen molar-refractivity contribution in [1.82, 2.24) is 10.3 Å². The molecule has 19 heavy (non-hydrogen) atoms. The monoisotopic (exact) mass is 312 g/mol. The number of hydrogen-bond acceptors (Lipinski definition) is 3. The standard InChI is InChI=1S/C14H14Cl2N2S/c15-13-5-4-12(9-14(13)16)19-8-7-17-10-11-3-1-2-6-18-11/h1-6,9,17H,7-8,10H2. The van der Waals surface area contributed by atoms with Crippen LogP contribution in [-0.4, -0.2) is 17.3 Å². The van der Waals surface area contributed by atoms with Crippen LogP contribution in [0.5, 0.6) is 0 Å². The van der Waals surface area contributed by atoms with E-state index in [4.69, 9.17) is 23.2 Å². The summed E-state index contributed by atoms with van der Waals surface area (Å²) >= 11 is 13.6. The van der Waals surface area contributed by atoms with E-state index in [0.717, 1.165) is 29.4 Å². The topological polar surface area (TPSA) is 24.9 Å². The maximum absolute atomic E-state index is 5.96. The van der Waals surface area contributed by atoms with Crippen molar-refractivity contribution < 1.29 is 0 Å². The van der Waals surface area contributed by atoms with Crippen LogP contribution in [0.1, 0.15) is 5.69 Å². The van der Waals surface area contributed by atoms with Crippen LogP contribution in [0.15, 0.2) is 47.5 Å². The normalized spacial score (nSPS) is 10.6. The molecule has 1 aromatic heterocycles. The average Bonchev–Trinajstić information content (AvgIpc) is 2.43. The van der Waals surface area contributed by atoms with E-state index in [1.165, 1.54) is 0 Å². The van der Waals surface area contributed by atoms with Gasteiger partial charge < -0.3 is 5.32 Å². The van der Waals surface area contributed by atoms with Gasteiger partial charge in [-0.3, -0.25) is 4.98 Å². The van der Waals surface area contributed by atoms with Crippen molar-refractivity contribution in [3.8, 4) is 0 Å². The molecule has 0 saturated heterocycles. The van der Waals surface area contributed by atoms with Gasteiger partial charge in [0.1, 0.15) is 0 Å². The molecule has 0 saturated carbocycles. The van der Waals surface area contributed by atoms with Crippen molar-refractivity contribution in [3.05, 3.63) is 58.3 Å². The number of nitrogens with one attached hydrogen (secondary N) is 1. The van der Waals surface area contributed by atoms with Crippen molar-refractivity contribution in [2.24, 2.45) is 0 Å². The van der Waals surface area contributed by atoms with E-state index >= 15 is 0 Å². The molecule has 0 amide bonds. The highest BCUT2D eigenvalue weighted by molar-refractivity contribution is 7.99. The van der Waals surface area contributed by atoms with Gasteiger partial charge >= 0.3 is 0 Å². The molecule has 2 aromatic rings. The summed E-state index contributed by atoms with van der Waals surface area (Å²) in [5.74, 6) is 0.977. The summed E-state index contributed by atoms with van der Waals surface area (Å²) < 4.78 is 0. The average molecular weight is 313 g/mol. The van der Waals surface area contributed by atoms with Gasteiger partial charge in [0.25, 0.3) is 0 Å². The molecule has 0 aliphatic rings. The number of pyridine rings is 1. The summed E-state index contributed by atoms with van der Waals surface area (Å²) in [6.07, 6.45) is 1.81. The zero-order valence-electron chi connectivity index (χ0n) is 10.3. The minimum Gasteiger partial charge on any atom is -0.310 e. The summed E-state index contributed by atoms with van der Waals surface area (Å²) in [4.78, 5) is 5.39. The van der Waals surface area contributed by atoms with E-state index in [2.05, 4.69) is 10.3 Å². The Kier molecular flexibility index (Phi) is 5.98. The van der Waals surface area contributed by atoms with Crippen LogP contribution in [-0.2, 0) is 6.54 Å². The van der Waals surface area contributed by atoms with Gasteiger partial charge in [0.05, 0.1) is 15.7 Å². The Hall–Kier alpha value is -0.740. The van der Waals surface area contributed by atoms with E-state index in [-0.39, 0.29) is 0 Å². The van der Waals surface area contributed by atoms with Crippen LogP contribution in [0.4, 0.5) is 0 Å². The molecule has 0 unspecified atom stereocenters. The molecule has 2 rings (SSSR count). The second-order valence-electron chi connectivity index (χ2n) is 3.92. The molecule has 1 aromatic carbocycles. The molecule has 2 nitrogen and oxygen atoms in total. The first-order chi connectivity index (χ1) is 9.25. The molecule has 100 valence electrons. The van der Waals surface area contributed by atoms with Gasteiger partial charge in [-0.15, -0.1) is 11.8 Å². The minimum absolute atomic E-state index is 0.597. The summed E-state index contributed by atoms with van der Waals surface area (Å²) in [7, 11) is 0. The third-order valence-electron chi connectivity index (χ3n) is 2.47. The molecule has 0 atom stereocenters. The van der Waals surface area contributed by atoms with Crippen molar-refractivity contribution in [2.75, 3.05) is 12.3 Å². The summed E-state index contributed by atoms with van der Waals surface area (Å²) in [6.45, 7) is 1.71. The Morgan fingerprint density at radius 3 is 2.74 bits per heavy atom. The molecule has 0 spiro atoms. The van der Waals surface area contributed by atoms with Crippen LogP contribution >= 0.6 is 35.0 Å².